The normalized spacial score (nSPS) is 15.8. The maximum atomic E-state index is 12.3. The molecule has 0 aliphatic carbocycles. The van der Waals surface area contributed by atoms with E-state index in [1.165, 1.54) is 24.6 Å². The van der Waals surface area contributed by atoms with Crippen molar-refractivity contribution in [2.45, 2.75) is 30.8 Å². The summed E-state index contributed by atoms with van der Waals surface area (Å²) < 4.78 is 5.21. The van der Waals surface area contributed by atoms with E-state index in [2.05, 4.69) is 9.97 Å². The van der Waals surface area contributed by atoms with Crippen LogP contribution < -0.4 is 4.74 Å². The fourth-order valence-corrected chi connectivity index (χ4v) is 3.49. The molecule has 2 heterocycles. The number of rotatable bonds is 4. The number of carbonyl (C=O) groups excluding carboxylic acids is 1. The van der Waals surface area contributed by atoms with Crippen LogP contribution in [0.15, 0.2) is 23.4 Å². The van der Waals surface area contributed by atoms with Gasteiger partial charge in [0.1, 0.15) is 5.75 Å². The van der Waals surface area contributed by atoms with Crippen LogP contribution in [-0.4, -0.2) is 46.7 Å². The molecule has 5 nitrogen and oxygen atoms in total. The third kappa shape index (κ3) is 3.55. The van der Waals surface area contributed by atoms with E-state index >= 15 is 0 Å². The molecule has 1 amide bonds. The molecule has 0 radical (unpaired) electrons. The largest absolute Gasteiger partial charge is 0.497 e. The highest BCUT2D eigenvalue weighted by atomic mass is 32.2. The second-order valence-electron chi connectivity index (χ2n) is 5.51. The van der Waals surface area contributed by atoms with Crippen LogP contribution in [0.25, 0.3) is 11.0 Å². The summed E-state index contributed by atoms with van der Waals surface area (Å²) in [6.45, 7) is 1.80. The van der Waals surface area contributed by atoms with Gasteiger partial charge >= 0.3 is 0 Å². The van der Waals surface area contributed by atoms with Gasteiger partial charge in [-0.1, -0.05) is 24.6 Å². The van der Waals surface area contributed by atoms with Crippen molar-refractivity contribution >= 4 is 28.7 Å². The van der Waals surface area contributed by atoms with E-state index in [1.54, 1.807) is 7.11 Å². The van der Waals surface area contributed by atoms with Crippen molar-refractivity contribution in [3.63, 3.8) is 0 Å². The highest BCUT2D eigenvalue weighted by Crippen LogP contribution is 2.23. The average molecular weight is 319 g/mol. The number of H-pyrrole nitrogens is 1. The first-order valence-electron chi connectivity index (χ1n) is 7.70. The van der Waals surface area contributed by atoms with Gasteiger partial charge in [-0.05, 0) is 25.0 Å². The summed E-state index contributed by atoms with van der Waals surface area (Å²) in [7, 11) is 1.65. The fourth-order valence-electron chi connectivity index (χ4n) is 2.70. The molecule has 1 aliphatic heterocycles. The number of thioether (sulfide) groups is 1. The number of hydrogen-bond acceptors (Lipinski definition) is 4. The Balaban J connectivity index is 1.62. The van der Waals surface area contributed by atoms with E-state index in [-0.39, 0.29) is 5.91 Å². The number of benzene rings is 1. The molecule has 118 valence electrons. The summed E-state index contributed by atoms with van der Waals surface area (Å²) >= 11 is 1.47. The molecule has 22 heavy (non-hydrogen) atoms. The average Bonchev–Trinajstić information content (AvgIpc) is 2.75. The van der Waals surface area contributed by atoms with E-state index in [0.29, 0.717) is 5.75 Å². The van der Waals surface area contributed by atoms with Crippen molar-refractivity contribution in [1.29, 1.82) is 0 Å². The van der Waals surface area contributed by atoms with Crippen LogP contribution in [-0.2, 0) is 4.79 Å². The van der Waals surface area contributed by atoms with Crippen LogP contribution >= 0.6 is 11.8 Å². The van der Waals surface area contributed by atoms with E-state index in [0.717, 1.165) is 47.9 Å². The second-order valence-corrected chi connectivity index (χ2v) is 6.47. The minimum atomic E-state index is 0.213. The third-order valence-electron chi connectivity index (χ3n) is 3.96. The summed E-state index contributed by atoms with van der Waals surface area (Å²) in [5.74, 6) is 1.45. The van der Waals surface area contributed by atoms with Crippen molar-refractivity contribution in [2.24, 2.45) is 0 Å². The number of nitrogens with zero attached hydrogens (tertiary/aromatic N) is 2. The molecule has 0 bridgehead atoms. The second kappa shape index (κ2) is 7.05. The molecule has 1 aromatic carbocycles. The van der Waals surface area contributed by atoms with Crippen molar-refractivity contribution < 1.29 is 9.53 Å². The van der Waals surface area contributed by atoms with Gasteiger partial charge in [0.15, 0.2) is 5.16 Å². The highest BCUT2D eigenvalue weighted by Gasteiger charge is 2.16. The molecule has 3 rings (SSSR count). The molecule has 0 unspecified atom stereocenters. The molecule has 1 fully saturated rings. The molecular formula is C16H21N3O2S. The number of nitrogens with one attached hydrogen (secondary N) is 1. The summed E-state index contributed by atoms with van der Waals surface area (Å²) in [6, 6.07) is 5.73. The highest BCUT2D eigenvalue weighted by molar-refractivity contribution is 7.99. The minimum Gasteiger partial charge on any atom is -0.497 e. The fraction of sp³-hybridized carbons (Fsp3) is 0.500. The first-order chi connectivity index (χ1) is 10.8. The number of aromatic nitrogens is 2. The Labute approximate surface area is 134 Å². The Hall–Kier alpha value is -1.69. The van der Waals surface area contributed by atoms with Gasteiger partial charge in [0.25, 0.3) is 0 Å². The Morgan fingerprint density at radius 3 is 2.82 bits per heavy atom. The van der Waals surface area contributed by atoms with Crippen molar-refractivity contribution in [3.8, 4) is 5.75 Å². The molecule has 2 aromatic rings. The monoisotopic (exact) mass is 319 g/mol. The summed E-state index contributed by atoms with van der Waals surface area (Å²) in [6.07, 6.45) is 4.73. The van der Waals surface area contributed by atoms with E-state index < -0.39 is 0 Å². The van der Waals surface area contributed by atoms with E-state index in [4.69, 9.17) is 4.74 Å². The molecule has 1 aromatic heterocycles. The molecule has 1 N–H and O–H groups in total. The smallest absolute Gasteiger partial charge is 0.233 e. The first kappa shape index (κ1) is 15.2. The molecule has 1 saturated heterocycles. The number of hydrogen-bond donors (Lipinski definition) is 1. The predicted molar refractivity (Wildman–Crippen MR) is 88.4 cm³/mol. The van der Waals surface area contributed by atoms with Crippen LogP contribution in [0.2, 0.25) is 0 Å². The number of likely N-dealkylation sites (tertiary alicyclic amines) is 1. The topological polar surface area (TPSA) is 58.2 Å². The van der Waals surface area contributed by atoms with Crippen LogP contribution in [0.4, 0.5) is 0 Å². The summed E-state index contributed by atoms with van der Waals surface area (Å²) in [5, 5.41) is 0.784. The van der Waals surface area contributed by atoms with Crippen LogP contribution in [0.1, 0.15) is 25.7 Å². The van der Waals surface area contributed by atoms with Gasteiger partial charge in [0.05, 0.1) is 23.9 Å². The van der Waals surface area contributed by atoms with Gasteiger partial charge in [-0.2, -0.15) is 0 Å². The zero-order valence-corrected chi connectivity index (χ0v) is 13.6. The molecule has 0 spiro atoms. The Kier molecular flexibility index (Phi) is 4.87. The molecule has 1 aliphatic rings. The number of fused-ring (bicyclic) bond motifs is 1. The first-order valence-corrected chi connectivity index (χ1v) is 8.69. The lowest BCUT2D eigenvalue weighted by Gasteiger charge is -2.19. The van der Waals surface area contributed by atoms with Crippen molar-refractivity contribution in [2.75, 3.05) is 26.0 Å². The van der Waals surface area contributed by atoms with Crippen molar-refractivity contribution in [1.82, 2.24) is 14.9 Å². The zero-order valence-electron chi connectivity index (χ0n) is 12.8. The lowest BCUT2D eigenvalue weighted by atomic mass is 10.2. The van der Waals surface area contributed by atoms with Crippen LogP contribution in [0.5, 0.6) is 5.75 Å². The molecular weight excluding hydrogens is 298 g/mol. The van der Waals surface area contributed by atoms with Gasteiger partial charge in [-0.15, -0.1) is 0 Å². The Morgan fingerprint density at radius 2 is 2.09 bits per heavy atom. The van der Waals surface area contributed by atoms with Crippen LogP contribution in [0, 0.1) is 0 Å². The van der Waals surface area contributed by atoms with Gasteiger partial charge < -0.3 is 14.6 Å². The summed E-state index contributed by atoms with van der Waals surface area (Å²) in [5.41, 5.74) is 1.83. The quantitative estimate of drug-likeness (QED) is 0.880. The third-order valence-corrected chi connectivity index (χ3v) is 4.82. The van der Waals surface area contributed by atoms with E-state index in [9.17, 15) is 4.79 Å². The number of ether oxygens (including phenoxy) is 1. The van der Waals surface area contributed by atoms with Gasteiger partial charge in [0, 0.05) is 19.2 Å². The lowest BCUT2D eigenvalue weighted by molar-refractivity contribution is -0.128. The van der Waals surface area contributed by atoms with E-state index in [1.807, 2.05) is 23.1 Å². The maximum absolute atomic E-state index is 12.3. The lowest BCUT2D eigenvalue weighted by Crippen LogP contribution is -2.33. The van der Waals surface area contributed by atoms with Gasteiger partial charge in [-0.25, -0.2) is 4.98 Å². The standard InChI is InChI=1S/C16H21N3O2S/c1-21-12-6-7-13-14(10-12)18-16(17-13)22-11-15(20)19-8-4-2-3-5-9-19/h6-7,10H,2-5,8-9,11H2,1H3,(H,17,18). The van der Waals surface area contributed by atoms with Crippen LogP contribution in [0.3, 0.4) is 0 Å². The molecule has 0 atom stereocenters. The Morgan fingerprint density at radius 1 is 1.32 bits per heavy atom. The number of imidazole rings is 1. The number of carbonyl (C=O) groups is 1. The Bertz CT molecular complexity index is 648. The number of aromatic amines is 1. The summed E-state index contributed by atoms with van der Waals surface area (Å²) in [4.78, 5) is 22.0. The molecule has 0 saturated carbocycles. The maximum Gasteiger partial charge on any atom is 0.233 e. The minimum absolute atomic E-state index is 0.213. The zero-order chi connectivity index (χ0) is 15.4. The van der Waals surface area contributed by atoms with Gasteiger partial charge in [-0.3, -0.25) is 4.79 Å². The number of amides is 1. The SMILES string of the molecule is COc1ccc2nc(SCC(=O)N3CCCCCC3)[nH]c2c1. The molecule has 6 heteroatoms. The van der Waals surface area contributed by atoms with Gasteiger partial charge in [0.2, 0.25) is 5.91 Å². The predicted octanol–water partition coefficient (Wildman–Crippen LogP) is 3.07. The number of methoxy groups -OCH3 is 1. The van der Waals surface area contributed by atoms with Crippen molar-refractivity contribution in [3.05, 3.63) is 18.2 Å².